The van der Waals surface area contributed by atoms with Crippen LogP contribution in [0.1, 0.15) is 37.8 Å². The van der Waals surface area contributed by atoms with Crippen LogP contribution < -0.4 is 5.32 Å². The van der Waals surface area contributed by atoms with Gasteiger partial charge < -0.3 is 15.0 Å². The van der Waals surface area contributed by atoms with Crippen LogP contribution in [0.4, 0.5) is 0 Å². The zero-order chi connectivity index (χ0) is 16.7. The summed E-state index contributed by atoms with van der Waals surface area (Å²) in [6.45, 7) is 10.8. The Balaban J connectivity index is 0.00000288. The molecule has 1 saturated heterocycles. The van der Waals surface area contributed by atoms with Gasteiger partial charge in [-0.25, -0.2) is 4.99 Å². The first-order valence-corrected chi connectivity index (χ1v) is 9.33. The summed E-state index contributed by atoms with van der Waals surface area (Å²) < 4.78 is 6.85. The lowest BCUT2D eigenvalue weighted by molar-refractivity contribution is 0.0263. The number of aliphatic imine (C=N–C) groups is 1. The molecule has 0 radical (unpaired) electrons. The number of hydrogen-bond acceptors (Lipinski definition) is 2. The molecule has 0 bridgehead atoms. The van der Waals surface area contributed by atoms with Gasteiger partial charge in [0.25, 0.3) is 0 Å². The predicted octanol–water partition coefficient (Wildman–Crippen LogP) is 4.34. The minimum atomic E-state index is 0. The number of likely N-dealkylation sites (tertiary alicyclic amines) is 1. The fourth-order valence-corrected chi connectivity index (χ4v) is 3.37. The van der Waals surface area contributed by atoms with E-state index in [1.165, 1.54) is 11.1 Å². The highest BCUT2D eigenvalue weighted by atomic mass is 127. The number of nitrogens with zero attached hydrogens (tertiary/aromatic N) is 2. The van der Waals surface area contributed by atoms with Crippen molar-refractivity contribution in [2.45, 2.75) is 46.3 Å². The predicted molar refractivity (Wildman–Crippen MR) is 115 cm³/mol. The lowest BCUT2D eigenvalue weighted by Gasteiger charge is -2.34. The molecule has 6 heteroatoms. The Labute approximate surface area is 171 Å². The van der Waals surface area contributed by atoms with Crippen LogP contribution in [-0.2, 0) is 11.3 Å². The SMILES string of the molecule is CCNC(=NCc1ccc(Br)cc1C)N1CCC(OCC)CC1.I. The van der Waals surface area contributed by atoms with Gasteiger partial charge in [-0.1, -0.05) is 22.0 Å². The van der Waals surface area contributed by atoms with Crippen molar-refractivity contribution in [1.82, 2.24) is 10.2 Å². The second-order valence-corrected chi connectivity index (χ2v) is 6.80. The van der Waals surface area contributed by atoms with Crippen LogP contribution in [0.25, 0.3) is 0 Å². The third-order valence-corrected chi connectivity index (χ3v) is 4.68. The van der Waals surface area contributed by atoms with Crippen molar-refractivity contribution in [1.29, 1.82) is 0 Å². The highest BCUT2D eigenvalue weighted by Gasteiger charge is 2.21. The Bertz CT molecular complexity index is 531. The van der Waals surface area contributed by atoms with Crippen molar-refractivity contribution in [2.24, 2.45) is 4.99 Å². The molecule has 2 rings (SSSR count). The molecule has 1 aromatic rings. The van der Waals surface area contributed by atoms with Gasteiger partial charge in [-0.15, -0.1) is 24.0 Å². The summed E-state index contributed by atoms with van der Waals surface area (Å²) in [6, 6.07) is 6.37. The highest BCUT2D eigenvalue weighted by molar-refractivity contribution is 14.0. The van der Waals surface area contributed by atoms with Crippen molar-refractivity contribution in [3.05, 3.63) is 33.8 Å². The van der Waals surface area contributed by atoms with Crippen molar-refractivity contribution in [3.63, 3.8) is 0 Å². The third kappa shape index (κ3) is 6.52. The highest BCUT2D eigenvalue weighted by Crippen LogP contribution is 2.17. The van der Waals surface area contributed by atoms with Crippen LogP contribution in [-0.4, -0.2) is 43.2 Å². The van der Waals surface area contributed by atoms with Gasteiger partial charge in [0.05, 0.1) is 12.6 Å². The molecule has 1 aromatic carbocycles. The Morgan fingerprint density at radius 3 is 2.62 bits per heavy atom. The number of hydrogen-bond donors (Lipinski definition) is 1. The molecule has 1 aliphatic rings. The molecule has 1 fully saturated rings. The first-order chi connectivity index (χ1) is 11.1. The van der Waals surface area contributed by atoms with Crippen LogP contribution in [0.5, 0.6) is 0 Å². The quantitative estimate of drug-likeness (QED) is 0.364. The molecule has 0 aromatic heterocycles. The number of halogens is 2. The Morgan fingerprint density at radius 2 is 2.04 bits per heavy atom. The maximum atomic E-state index is 5.74. The first kappa shape index (κ1) is 21.7. The van der Waals surface area contributed by atoms with Crippen LogP contribution in [0.2, 0.25) is 0 Å². The fraction of sp³-hybridized carbons (Fsp3) is 0.611. The molecule has 24 heavy (non-hydrogen) atoms. The minimum Gasteiger partial charge on any atom is -0.378 e. The summed E-state index contributed by atoms with van der Waals surface area (Å²) in [5.41, 5.74) is 2.54. The van der Waals surface area contributed by atoms with E-state index in [9.17, 15) is 0 Å². The van der Waals surface area contributed by atoms with E-state index in [0.717, 1.165) is 49.5 Å². The maximum absolute atomic E-state index is 5.74. The summed E-state index contributed by atoms with van der Waals surface area (Å²) in [7, 11) is 0. The summed E-state index contributed by atoms with van der Waals surface area (Å²) in [5.74, 6) is 1.02. The van der Waals surface area contributed by atoms with E-state index in [4.69, 9.17) is 9.73 Å². The van der Waals surface area contributed by atoms with E-state index < -0.39 is 0 Å². The number of benzene rings is 1. The van der Waals surface area contributed by atoms with Gasteiger partial charge in [0.1, 0.15) is 0 Å². The number of nitrogens with one attached hydrogen (secondary N) is 1. The van der Waals surface area contributed by atoms with Crippen LogP contribution in [0.15, 0.2) is 27.7 Å². The topological polar surface area (TPSA) is 36.9 Å². The summed E-state index contributed by atoms with van der Waals surface area (Å²) in [4.78, 5) is 7.20. The Morgan fingerprint density at radius 1 is 1.33 bits per heavy atom. The smallest absolute Gasteiger partial charge is 0.194 e. The molecule has 0 spiro atoms. The lowest BCUT2D eigenvalue weighted by atomic mass is 10.1. The maximum Gasteiger partial charge on any atom is 0.194 e. The molecule has 0 amide bonds. The first-order valence-electron chi connectivity index (χ1n) is 8.54. The monoisotopic (exact) mass is 509 g/mol. The number of piperidine rings is 1. The van der Waals surface area contributed by atoms with Crippen LogP contribution in [0, 0.1) is 6.92 Å². The van der Waals surface area contributed by atoms with Crippen LogP contribution >= 0.6 is 39.9 Å². The minimum absolute atomic E-state index is 0. The molecule has 1 aliphatic heterocycles. The van der Waals surface area contributed by atoms with Gasteiger partial charge in [0.15, 0.2) is 5.96 Å². The van der Waals surface area contributed by atoms with Crippen LogP contribution in [0.3, 0.4) is 0 Å². The van der Waals surface area contributed by atoms with Gasteiger partial charge >= 0.3 is 0 Å². The third-order valence-electron chi connectivity index (χ3n) is 4.18. The molecule has 1 heterocycles. The summed E-state index contributed by atoms with van der Waals surface area (Å²) in [6.07, 6.45) is 2.57. The molecular weight excluding hydrogens is 481 g/mol. The number of aryl methyl sites for hydroxylation is 1. The largest absolute Gasteiger partial charge is 0.378 e. The van der Waals surface area contributed by atoms with Crippen molar-refractivity contribution in [2.75, 3.05) is 26.2 Å². The average Bonchev–Trinajstić information content (AvgIpc) is 2.54. The second kappa shape index (κ2) is 11.3. The number of rotatable bonds is 5. The molecule has 4 nitrogen and oxygen atoms in total. The van der Waals surface area contributed by atoms with E-state index in [1.807, 2.05) is 0 Å². The molecule has 0 unspecified atom stereocenters. The average molecular weight is 510 g/mol. The molecular formula is C18H29BrIN3O. The summed E-state index contributed by atoms with van der Waals surface area (Å²) >= 11 is 3.51. The van der Waals surface area contributed by atoms with Gasteiger partial charge in [0.2, 0.25) is 0 Å². The number of guanidine groups is 1. The molecule has 0 atom stereocenters. The van der Waals surface area contributed by atoms with Crippen molar-refractivity contribution in [3.8, 4) is 0 Å². The normalized spacial score (nSPS) is 16.0. The Kier molecular flexibility index (Phi) is 10.2. The molecule has 1 N–H and O–H groups in total. The van der Waals surface area contributed by atoms with Gasteiger partial charge in [0, 0.05) is 30.7 Å². The molecule has 0 saturated carbocycles. The standard InChI is InChI=1S/C18H28BrN3O.HI/c1-4-20-18(22-10-8-17(9-11-22)23-5-2)21-13-15-6-7-16(19)12-14(15)3;/h6-7,12,17H,4-5,8-11,13H2,1-3H3,(H,20,21);1H. The lowest BCUT2D eigenvalue weighted by Crippen LogP contribution is -2.47. The summed E-state index contributed by atoms with van der Waals surface area (Å²) in [5, 5.41) is 3.43. The van der Waals surface area contributed by atoms with E-state index in [-0.39, 0.29) is 24.0 Å². The molecule has 0 aliphatic carbocycles. The zero-order valence-corrected chi connectivity index (χ0v) is 18.8. The van der Waals surface area contributed by atoms with E-state index in [1.54, 1.807) is 0 Å². The molecule has 136 valence electrons. The second-order valence-electron chi connectivity index (χ2n) is 5.88. The fourth-order valence-electron chi connectivity index (χ4n) is 2.89. The number of ether oxygens (including phenoxy) is 1. The van der Waals surface area contributed by atoms with E-state index >= 15 is 0 Å². The Hall–Kier alpha value is -0.340. The van der Waals surface area contributed by atoms with Crippen molar-refractivity contribution >= 4 is 45.9 Å². The van der Waals surface area contributed by atoms with Gasteiger partial charge in [-0.05, 0) is 56.9 Å². The van der Waals surface area contributed by atoms with E-state index in [0.29, 0.717) is 12.6 Å². The van der Waals surface area contributed by atoms with Gasteiger partial charge in [-0.3, -0.25) is 0 Å². The van der Waals surface area contributed by atoms with Gasteiger partial charge in [-0.2, -0.15) is 0 Å². The van der Waals surface area contributed by atoms with E-state index in [2.05, 4.69) is 65.1 Å². The zero-order valence-electron chi connectivity index (χ0n) is 14.8. The van der Waals surface area contributed by atoms with Crippen molar-refractivity contribution < 1.29 is 4.74 Å².